The van der Waals surface area contributed by atoms with Crippen LogP contribution in [-0.4, -0.2) is 51.7 Å². The van der Waals surface area contributed by atoms with Crippen LogP contribution in [0.3, 0.4) is 0 Å². The quantitative estimate of drug-likeness (QED) is 0.691. The first-order valence-corrected chi connectivity index (χ1v) is 6.45. The van der Waals surface area contributed by atoms with E-state index in [0.29, 0.717) is 5.76 Å². The molecule has 0 spiro atoms. The topological polar surface area (TPSA) is 103 Å². The van der Waals surface area contributed by atoms with Gasteiger partial charge in [-0.25, -0.2) is 0 Å². The maximum Gasteiger partial charge on any atom is 0.321 e. The lowest BCUT2D eigenvalue weighted by Crippen LogP contribution is -2.49. The van der Waals surface area contributed by atoms with E-state index < -0.39 is 24.2 Å². The van der Waals surface area contributed by atoms with Crippen LogP contribution in [0.2, 0.25) is 0 Å². The van der Waals surface area contributed by atoms with E-state index in [-0.39, 0.29) is 25.4 Å². The van der Waals surface area contributed by atoms with E-state index in [0.717, 1.165) is 0 Å². The fourth-order valence-corrected chi connectivity index (χ4v) is 2.39. The molecule has 20 heavy (non-hydrogen) atoms. The first-order chi connectivity index (χ1) is 9.49. The molecule has 1 aliphatic heterocycles. The van der Waals surface area contributed by atoms with Gasteiger partial charge in [0.05, 0.1) is 25.0 Å². The summed E-state index contributed by atoms with van der Waals surface area (Å²) in [5.74, 6) is -0.684. The Morgan fingerprint density at radius 2 is 2.35 bits per heavy atom. The average molecular weight is 282 g/mol. The number of aliphatic carboxylic acids is 1. The van der Waals surface area contributed by atoms with Gasteiger partial charge in [-0.15, -0.1) is 0 Å². The fourth-order valence-electron chi connectivity index (χ4n) is 2.39. The molecule has 1 fully saturated rings. The lowest BCUT2D eigenvalue weighted by atomic mass is 10.2. The Morgan fingerprint density at radius 3 is 2.95 bits per heavy atom. The van der Waals surface area contributed by atoms with Gasteiger partial charge in [0.2, 0.25) is 5.91 Å². The van der Waals surface area contributed by atoms with Crippen LogP contribution < -0.4 is 5.32 Å². The lowest BCUT2D eigenvalue weighted by molar-refractivity contribution is -0.143. The number of likely N-dealkylation sites (tertiary alicyclic amines) is 1. The van der Waals surface area contributed by atoms with Crippen molar-refractivity contribution >= 4 is 11.9 Å². The van der Waals surface area contributed by atoms with Gasteiger partial charge in [0.15, 0.2) is 0 Å². The zero-order chi connectivity index (χ0) is 14.7. The summed E-state index contributed by atoms with van der Waals surface area (Å²) >= 11 is 0. The number of carbonyl (C=O) groups is 2. The molecule has 0 aliphatic carbocycles. The predicted octanol–water partition coefficient (Wildman–Crippen LogP) is -0.196. The van der Waals surface area contributed by atoms with Gasteiger partial charge in [0.25, 0.3) is 0 Å². The van der Waals surface area contributed by atoms with Gasteiger partial charge >= 0.3 is 5.97 Å². The van der Waals surface area contributed by atoms with E-state index in [1.807, 2.05) is 0 Å². The summed E-state index contributed by atoms with van der Waals surface area (Å²) in [7, 11) is 0. The summed E-state index contributed by atoms with van der Waals surface area (Å²) in [5, 5.41) is 21.4. The smallest absolute Gasteiger partial charge is 0.321 e. The second kappa shape index (κ2) is 6.06. The Morgan fingerprint density at radius 1 is 1.60 bits per heavy atom. The molecule has 2 heterocycles. The van der Waals surface area contributed by atoms with Crippen LogP contribution in [0, 0.1) is 0 Å². The van der Waals surface area contributed by atoms with E-state index in [1.165, 1.54) is 11.2 Å². The molecule has 0 saturated carbocycles. The number of aliphatic hydroxyl groups excluding tert-OH is 1. The number of aliphatic hydroxyl groups is 1. The first kappa shape index (κ1) is 14.5. The number of nitrogens with one attached hydrogen (secondary N) is 1. The second-order valence-electron chi connectivity index (χ2n) is 4.91. The van der Waals surface area contributed by atoms with Crippen LogP contribution in [0.4, 0.5) is 0 Å². The highest BCUT2D eigenvalue weighted by atomic mass is 16.4. The maximum absolute atomic E-state index is 12.0. The Labute approximate surface area is 116 Å². The summed E-state index contributed by atoms with van der Waals surface area (Å²) in [6.07, 6.45) is 0.948. The van der Waals surface area contributed by atoms with Crippen molar-refractivity contribution in [1.82, 2.24) is 10.2 Å². The molecule has 3 unspecified atom stereocenters. The van der Waals surface area contributed by atoms with Gasteiger partial charge < -0.3 is 19.9 Å². The number of hydrogen-bond acceptors (Lipinski definition) is 5. The van der Waals surface area contributed by atoms with E-state index in [9.17, 15) is 14.7 Å². The fraction of sp³-hybridized carbons (Fsp3) is 0.538. The van der Waals surface area contributed by atoms with Crippen molar-refractivity contribution in [3.8, 4) is 0 Å². The molecule has 3 atom stereocenters. The third kappa shape index (κ3) is 3.17. The van der Waals surface area contributed by atoms with E-state index in [2.05, 4.69) is 5.32 Å². The summed E-state index contributed by atoms with van der Waals surface area (Å²) in [4.78, 5) is 24.7. The van der Waals surface area contributed by atoms with Crippen LogP contribution in [0.5, 0.6) is 0 Å². The molecule has 2 rings (SSSR count). The van der Waals surface area contributed by atoms with Crippen molar-refractivity contribution in [2.45, 2.75) is 38.1 Å². The number of β-amino-alcohol motifs (C(OH)–C–C–N with tert-alkyl or cyclic N) is 1. The largest absolute Gasteiger partial charge is 0.480 e. The highest BCUT2D eigenvalue weighted by Crippen LogP contribution is 2.21. The minimum Gasteiger partial charge on any atom is -0.480 e. The predicted molar refractivity (Wildman–Crippen MR) is 68.8 cm³/mol. The Hall–Kier alpha value is -1.86. The number of carboxylic acids is 1. The van der Waals surface area contributed by atoms with Gasteiger partial charge in [-0.3, -0.25) is 14.5 Å². The molecule has 0 bridgehead atoms. The van der Waals surface area contributed by atoms with Gasteiger partial charge in [0, 0.05) is 13.0 Å². The summed E-state index contributed by atoms with van der Waals surface area (Å²) in [5.41, 5.74) is 0. The average Bonchev–Trinajstić information content (AvgIpc) is 3.03. The monoisotopic (exact) mass is 282 g/mol. The molecule has 7 heteroatoms. The number of nitrogens with zero attached hydrogens (tertiary/aromatic N) is 1. The van der Waals surface area contributed by atoms with Crippen molar-refractivity contribution in [2.75, 3.05) is 6.54 Å². The van der Waals surface area contributed by atoms with Crippen LogP contribution in [-0.2, 0) is 16.1 Å². The highest BCUT2D eigenvalue weighted by Gasteiger charge is 2.40. The van der Waals surface area contributed by atoms with Crippen molar-refractivity contribution in [1.29, 1.82) is 0 Å². The van der Waals surface area contributed by atoms with Crippen LogP contribution >= 0.6 is 0 Å². The standard InChI is InChI=1S/C13H18N2O5/c1-8(12(17)14-6-10-3-2-4-20-10)15-7-9(16)5-11(15)13(18)19/h2-4,8-9,11,16H,5-7H2,1H3,(H,14,17)(H,18,19). The van der Waals surface area contributed by atoms with Crippen molar-refractivity contribution in [3.63, 3.8) is 0 Å². The molecule has 3 N–H and O–H groups in total. The number of carbonyl (C=O) groups excluding carboxylic acids is 1. The summed E-state index contributed by atoms with van der Waals surface area (Å²) in [6.45, 7) is 2.07. The van der Waals surface area contributed by atoms with Crippen molar-refractivity contribution < 1.29 is 24.2 Å². The molecule has 0 radical (unpaired) electrons. The van der Waals surface area contributed by atoms with Gasteiger partial charge in [0.1, 0.15) is 11.8 Å². The van der Waals surface area contributed by atoms with Gasteiger partial charge in [-0.05, 0) is 19.1 Å². The number of amides is 1. The molecule has 1 aromatic rings. The van der Waals surface area contributed by atoms with Crippen molar-refractivity contribution in [2.24, 2.45) is 0 Å². The van der Waals surface area contributed by atoms with Gasteiger partial charge in [-0.1, -0.05) is 0 Å². The Kier molecular flexibility index (Phi) is 4.41. The van der Waals surface area contributed by atoms with Crippen LogP contribution in [0.1, 0.15) is 19.1 Å². The van der Waals surface area contributed by atoms with Crippen molar-refractivity contribution in [3.05, 3.63) is 24.2 Å². The zero-order valence-corrected chi connectivity index (χ0v) is 11.2. The number of rotatable bonds is 5. The molecule has 0 aromatic carbocycles. The summed E-state index contributed by atoms with van der Waals surface area (Å²) < 4.78 is 5.10. The molecule has 1 aromatic heterocycles. The van der Waals surface area contributed by atoms with Crippen LogP contribution in [0.25, 0.3) is 0 Å². The Balaban J connectivity index is 1.93. The van der Waals surface area contributed by atoms with E-state index >= 15 is 0 Å². The second-order valence-corrected chi connectivity index (χ2v) is 4.91. The number of furan rings is 1. The SMILES string of the molecule is CC(C(=O)NCc1ccco1)N1CC(O)CC1C(=O)O. The normalized spacial score (nSPS) is 24.5. The third-order valence-corrected chi connectivity index (χ3v) is 3.50. The van der Waals surface area contributed by atoms with Crippen LogP contribution in [0.15, 0.2) is 22.8 Å². The van der Waals surface area contributed by atoms with E-state index in [1.54, 1.807) is 19.1 Å². The Bertz CT molecular complexity index is 473. The number of carboxylic acid groups (broad SMARTS) is 1. The molecule has 1 saturated heterocycles. The summed E-state index contributed by atoms with van der Waals surface area (Å²) in [6, 6.07) is 2.02. The highest BCUT2D eigenvalue weighted by molar-refractivity contribution is 5.83. The van der Waals surface area contributed by atoms with Gasteiger partial charge in [-0.2, -0.15) is 0 Å². The maximum atomic E-state index is 12.0. The molecule has 7 nitrogen and oxygen atoms in total. The molecular formula is C13H18N2O5. The molecule has 1 amide bonds. The lowest BCUT2D eigenvalue weighted by Gasteiger charge is -2.26. The first-order valence-electron chi connectivity index (χ1n) is 6.45. The molecule has 1 aliphatic rings. The minimum absolute atomic E-state index is 0.144. The van der Waals surface area contributed by atoms with E-state index in [4.69, 9.17) is 9.52 Å². The molecule has 110 valence electrons. The molecular weight excluding hydrogens is 264 g/mol. The zero-order valence-electron chi connectivity index (χ0n) is 11.2. The third-order valence-electron chi connectivity index (χ3n) is 3.50. The minimum atomic E-state index is -1.02. The number of hydrogen-bond donors (Lipinski definition) is 3.